The molecule has 1 aromatic carbocycles. The first kappa shape index (κ1) is 14.0. The molecule has 1 fully saturated rings. The number of carbonyl (C=O) groups is 4. The summed E-state index contributed by atoms with van der Waals surface area (Å²) < 4.78 is 0. The Balaban J connectivity index is 2.37. The zero-order valence-electron chi connectivity index (χ0n) is 10.7. The van der Waals surface area contributed by atoms with Gasteiger partial charge < -0.3 is 0 Å². The molecule has 0 aromatic heterocycles. The maximum atomic E-state index is 12.5. The Kier molecular flexibility index (Phi) is 2.86. The van der Waals surface area contributed by atoms with E-state index in [1.54, 1.807) is 0 Å². The fraction of sp³-hybridized carbons (Fsp3) is 0.231. The molecule has 1 saturated heterocycles. The average molecular weight is 327 g/mol. The Morgan fingerprint density at radius 3 is 2.33 bits per heavy atom. The van der Waals surface area contributed by atoms with Crippen molar-refractivity contribution < 1.29 is 19.2 Å². The Bertz CT molecular complexity index is 746. The van der Waals surface area contributed by atoms with Crippen LogP contribution in [0, 0.1) is 0 Å². The Hall–Kier alpha value is -1.92. The summed E-state index contributed by atoms with van der Waals surface area (Å²) in [4.78, 5) is 49.3. The zero-order valence-corrected chi connectivity index (χ0v) is 12.2. The topological polar surface area (TPSA) is 83.6 Å². The van der Waals surface area contributed by atoms with E-state index in [9.17, 15) is 19.2 Å². The minimum atomic E-state index is -1.75. The van der Waals surface area contributed by atoms with E-state index >= 15 is 0 Å². The smallest absolute Gasteiger partial charge is 0.260 e. The van der Waals surface area contributed by atoms with Crippen LogP contribution in [0.3, 0.4) is 0 Å². The van der Waals surface area contributed by atoms with Crippen molar-refractivity contribution in [1.82, 2.24) is 10.2 Å². The van der Waals surface area contributed by atoms with Gasteiger partial charge in [-0.05, 0) is 17.7 Å². The third kappa shape index (κ3) is 1.66. The van der Waals surface area contributed by atoms with E-state index in [1.807, 2.05) is 0 Å². The Morgan fingerprint density at radius 1 is 1.14 bits per heavy atom. The highest BCUT2D eigenvalue weighted by Crippen LogP contribution is 2.42. The van der Waals surface area contributed by atoms with E-state index in [0.29, 0.717) is 0 Å². The van der Waals surface area contributed by atoms with Gasteiger partial charge in [-0.3, -0.25) is 29.4 Å². The standard InChI is InChI=1S/C13H8Cl2N2O4/c1-17-10(19)5-2-7(14)8(15)3-6(5)13(12(17)21)4-9(18)16-11(13)20/h2-3H,4H2,1H3,(H,16,18,20). The number of nitrogens with one attached hydrogen (secondary N) is 1. The van der Waals surface area contributed by atoms with Crippen LogP contribution >= 0.6 is 23.2 Å². The second-order valence-electron chi connectivity index (χ2n) is 4.94. The van der Waals surface area contributed by atoms with E-state index in [-0.39, 0.29) is 27.6 Å². The van der Waals surface area contributed by atoms with Crippen molar-refractivity contribution in [3.8, 4) is 0 Å². The van der Waals surface area contributed by atoms with Crippen LogP contribution in [-0.4, -0.2) is 35.6 Å². The van der Waals surface area contributed by atoms with Crippen LogP contribution in [0.15, 0.2) is 12.1 Å². The number of nitrogens with zero attached hydrogens (tertiary/aromatic N) is 1. The van der Waals surface area contributed by atoms with E-state index in [4.69, 9.17) is 23.2 Å². The van der Waals surface area contributed by atoms with E-state index in [2.05, 4.69) is 5.32 Å². The maximum Gasteiger partial charge on any atom is 0.260 e. The summed E-state index contributed by atoms with van der Waals surface area (Å²) in [6, 6.07) is 2.61. The summed E-state index contributed by atoms with van der Waals surface area (Å²) in [5.74, 6) is -2.67. The number of hydrogen-bond donors (Lipinski definition) is 1. The van der Waals surface area contributed by atoms with Crippen LogP contribution in [0.5, 0.6) is 0 Å². The number of carbonyl (C=O) groups excluding carboxylic acids is 4. The number of rotatable bonds is 0. The van der Waals surface area contributed by atoms with Gasteiger partial charge >= 0.3 is 0 Å². The SMILES string of the molecule is CN1C(=O)c2cc(Cl)c(Cl)cc2C2(CC(=O)NC2=O)C1=O. The quantitative estimate of drug-likeness (QED) is 0.567. The van der Waals surface area contributed by atoms with Gasteiger partial charge in [0.1, 0.15) is 0 Å². The van der Waals surface area contributed by atoms with Crippen molar-refractivity contribution in [2.24, 2.45) is 0 Å². The van der Waals surface area contributed by atoms with Gasteiger partial charge in [-0.2, -0.15) is 0 Å². The fourth-order valence-electron chi connectivity index (χ4n) is 2.74. The van der Waals surface area contributed by atoms with Gasteiger partial charge in [0.05, 0.1) is 16.5 Å². The molecule has 0 saturated carbocycles. The van der Waals surface area contributed by atoms with Crippen LogP contribution in [0.2, 0.25) is 10.0 Å². The lowest BCUT2D eigenvalue weighted by molar-refractivity contribution is -0.140. The van der Waals surface area contributed by atoms with Crippen molar-refractivity contribution in [1.29, 1.82) is 0 Å². The third-order valence-electron chi connectivity index (χ3n) is 3.79. The minimum absolute atomic E-state index is 0.0938. The van der Waals surface area contributed by atoms with E-state index in [1.165, 1.54) is 19.2 Å². The van der Waals surface area contributed by atoms with Gasteiger partial charge in [0.2, 0.25) is 17.7 Å². The lowest BCUT2D eigenvalue weighted by Gasteiger charge is -2.35. The molecule has 21 heavy (non-hydrogen) atoms. The van der Waals surface area contributed by atoms with Crippen LogP contribution < -0.4 is 5.32 Å². The first-order valence-corrected chi connectivity index (χ1v) is 6.71. The number of amides is 4. The summed E-state index contributed by atoms with van der Waals surface area (Å²) in [7, 11) is 1.26. The third-order valence-corrected chi connectivity index (χ3v) is 4.51. The molecule has 1 spiro atoms. The number of imide groups is 2. The molecule has 3 rings (SSSR count). The highest BCUT2D eigenvalue weighted by atomic mass is 35.5. The van der Waals surface area contributed by atoms with Crippen molar-refractivity contribution in [3.63, 3.8) is 0 Å². The molecule has 2 aliphatic heterocycles. The predicted octanol–water partition coefficient (Wildman–Crippen LogP) is 0.890. The van der Waals surface area contributed by atoms with Crippen LogP contribution in [0.4, 0.5) is 0 Å². The summed E-state index contributed by atoms with van der Waals surface area (Å²) >= 11 is 11.8. The molecule has 4 amide bonds. The van der Waals surface area contributed by atoms with E-state index < -0.39 is 29.0 Å². The maximum absolute atomic E-state index is 12.5. The second kappa shape index (κ2) is 4.29. The van der Waals surface area contributed by atoms with Crippen molar-refractivity contribution in [2.45, 2.75) is 11.8 Å². The number of fused-ring (bicyclic) bond motifs is 2. The number of benzene rings is 1. The number of hydrogen-bond acceptors (Lipinski definition) is 4. The number of likely N-dealkylation sites (N-methyl/N-ethyl adjacent to an activating group) is 1. The first-order valence-electron chi connectivity index (χ1n) is 5.95. The molecule has 1 N–H and O–H groups in total. The van der Waals surface area contributed by atoms with Gasteiger partial charge in [-0.25, -0.2) is 0 Å². The fourth-order valence-corrected chi connectivity index (χ4v) is 3.07. The van der Waals surface area contributed by atoms with E-state index in [0.717, 1.165) is 4.90 Å². The molecule has 108 valence electrons. The molecular weight excluding hydrogens is 319 g/mol. The zero-order chi connectivity index (χ0) is 15.5. The van der Waals surface area contributed by atoms with Crippen LogP contribution in [0.1, 0.15) is 22.3 Å². The van der Waals surface area contributed by atoms with Gasteiger partial charge in [-0.15, -0.1) is 0 Å². The highest BCUT2D eigenvalue weighted by molar-refractivity contribution is 6.42. The molecule has 8 heteroatoms. The summed E-state index contributed by atoms with van der Waals surface area (Å²) in [5, 5.41) is 2.34. The lowest BCUT2D eigenvalue weighted by atomic mass is 9.73. The summed E-state index contributed by atoms with van der Waals surface area (Å²) in [5.41, 5.74) is -1.53. The summed E-state index contributed by atoms with van der Waals surface area (Å²) in [6.07, 6.45) is -0.354. The molecule has 1 aromatic rings. The molecule has 1 unspecified atom stereocenters. The monoisotopic (exact) mass is 326 g/mol. The van der Waals surface area contributed by atoms with Gasteiger partial charge in [0.15, 0.2) is 5.41 Å². The number of halogens is 2. The molecular formula is C13H8Cl2N2O4. The summed E-state index contributed by atoms with van der Waals surface area (Å²) in [6.45, 7) is 0. The molecule has 1 atom stereocenters. The molecule has 6 nitrogen and oxygen atoms in total. The van der Waals surface area contributed by atoms with Crippen molar-refractivity contribution in [3.05, 3.63) is 33.3 Å². The Morgan fingerprint density at radius 2 is 1.76 bits per heavy atom. The van der Waals surface area contributed by atoms with Gasteiger partial charge in [-0.1, -0.05) is 23.2 Å². The average Bonchev–Trinajstić information content (AvgIpc) is 2.73. The highest BCUT2D eigenvalue weighted by Gasteiger charge is 2.59. The van der Waals surface area contributed by atoms with Gasteiger partial charge in [0, 0.05) is 12.6 Å². The normalized spacial score (nSPS) is 24.6. The van der Waals surface area contributed by atoms with Crippen molar-refractivity contribution in [2.75, 3.05) is 7.05 Å². The van der Waals surface area contributed by atoms with Gasteiger partial charge in [0.25, 0.3) is 5.91 Å². The molecule has 2 heterocycles. The first-order chi connectivity index (χ1) is 9.79. The Labute approximate surface area is 129 Å². The molecule has 0 aliphatic carbocycles. The van der Waals surface area contributed by atoms with Crippen LogP contribution in [-0.2, 0) is 19.8 Å². The predicted molar refractivity (Wildman–Crippen MR) is 73.0 cm³/mol. The second-order valence-corrected chi connectivity index (χ2v) is 5.76. The lowest BCUT2D eigenvalue weighted by Crippen LogP contribution is -2.56. The molecule has 0 bridgehead atoms. The molecule has 0 radical (unpaired) electrons. The largest absolute Gasteiger partial charge is 0.295 e. The van der Waals surface area contributed by atoms with Crippen LogP contribution in [0.25, 0.3) is 0 Å². The molecule has 2 aliphatic rings. The van der Waals surface area contributed by atoms with Crippen molar-refractivity contribution >= 4 is 46.8 Å². The minimum Gasteiger partial charge on any atom is -0.295 e.